The van der Waals surface area contributed by atoms with E-state index in [4.69, 9.17) is 37.9 Å². The fraction of sp³-hybridized carbons (Fsp3) is 0.367. The van der Waals surface area contributed by atoms with Gasteiger partial charge < -0.3 is 15.0 Å². The van der Waals surface area contributed by atoms with E-state index in [1.807, 2.05) is 25.1 Å². The number of hydrogen-bond acceptors (Lipinski definition) is 9. The molecule has 2 amide bonds. The molecule has 3 aliphatic heterocycles. The number of hydrazine groups is 2. The molecule has 1 spiro atoms. The molecule has 2 bridgehead atoms. The van der Waals surface area contributed by atoms with Gasteiger partial charge >= 0.3 is 6.09 Å². The number of methoxy groups -OCH3 is 1. The maximum absolute atomic E-state index is 13.8. The summed E-state index contributed by atoms with van der Waals surface area (Å²) < 4.78 is 6.51. The molecule has 1 aromatic carbocycles. The Hall–Kier alpha value is -4.13. The molecule has 0 radical (unpaired) electrons. The zero-order valence-corrected chi connectivity index (χ0v) is 25.7. The van der Waals surface area contributed by atoms with Gasteiger partial charge in [0.25, 0.3) is 5.56 Å². The Balaban J connectivity index is 1.38. The average Bonchev–Trinajstić information content (AvgIpc) is 3.44. The molecule has 230 valence electrons. The predicted molar refractivity (Wildman–Crippen MR) is 166 cm³/mol. The minimum absolute atomic E-state index is 0.0355. The van der Waals surface area contributed by atoms with Crippen molar-refractivity contribution in [1.29, 1.82) is 0 Å². The van der Waals surface area contributed by atoms with Crippen LogP contribution in [0.5, 0.6) is 0 Å². The van der Waals surface area contributed by atoms with Gasteiger partial charge in [-0.1, -0.05) is 36.5 Å². The van der Waals surface area contributed by atoms with Gasteiger partial charge in [-0.2, -0.15) is 0 Å². The maximum atomic E-state index is 13.8. The molecule has 14 heteroatoms. The predicted octanol–water partition coefficient (Wildman–Crippen LogP) is 3.67. The number of carbonyl (C=O) groups is 2. The Morgan fingerprint density at radius 2 is 1.91 bits per heavy atom. The number of carbonyl (C=O) groups excluding carboxylic acids is 2. The van der Waals surface area contributed by atoms with Crippen LogP contribution in [0.1, 0.15) is 43.5 Å². The van der Waals surface area contributed by atoms with Gasteiger partial charge in [0.15, 0.2) is 0 Å². The monoisotopic (exact) mass is 638 g/mol. The molecule has 2 atom stereocenters. The molecule has 3 N–H and O–H groups in total. The van der Waals surface area contributed by atoms with Crippen molar-refractivity contribution in [2.75, 3.05) is 31.8 Å². The Morgan fingerprint density at radius 3 is 2.64 bits per heavy atom. The van der Waals surface area contributed by atoms with E-state index in [2.05, 4.69) is 16.3 Å². The van der Waals surface area contributed by atoms with E-state index in [0.717, 1.165) is 5.56 Å². The van der Waals surface area contributed by atoms with E-state index < -0.39 is 17.6 Å². The molecular weight excluding hydrogens is 607 g/mol. The minimum atomic E-state index is -0.503. The number of pyridine rings is 1. The number of rotatable bonds is 3. The highest BCUT2D eigenvalue weighted by molar-refractivity contribution is 6.31. The zero-order valence-electron chi connectivity index (χ0n) is 24.2. The molecule has 0 aliphatic carbocycles. The van der Waals surface area contributed by atoms with E-state index in [1.165, 1.54) is 13.2 Å². The van der Waals surface area contributed by atoms with Gasteiger partial charge in [-0.05, 0) is 48.7 Å². The number of halogens is 2. The van der Waals surface area contributed by atoms with Crippen LogP contribution in [0, 0.1) is 5.92 Å². The standard InChI is InChI=1S/C30H32Cl2N8O4/c1-18-4-3-5-25(23-10-19(8-9-33-23)30(14-34-28(18)42)15-38(16-30)29(43)44-2)39-17-35-22(12-27(39)41)21-11-20(31)6-7-24(21)40-13-26(32)36-37-40/h6-13,17-18,25,36-37H,3-5,14-16H2,1-2H3,(H,34,42)/t18-,25+/m1/s1. The molecule has 1 saturated heterocycles. The van der Waals surface area contributed by atoms with Crippen molar-refractivity contribution in [3.63, 3.8) is 0 Å². The molecule has 12 nitrogen and oxygen atoms in total. The number of fused-ring (bicyclic) bond motifs is 3. The van der Waals surface area contributed by atoms with Gasteiger partial charge in [0, 0.05) is 53.8 Å². The molecule has 3 aromatic rings. The smallest absolute Gasteiger partial charge is 0.409 e. The van der Waals surface area contributed by atoms with Crippen LogP contribution in [0.25, 0.3) is 11.3 Å². The summed E-state index contributed by atoms with van der Waals surface area (Å²) in [6.07, 6.45) is 6.43. The van der Waals surface area contributed by atoms with Crippen LogP contribution in [0.15, 0.2) is 65.1 Å². The van der Waals surface area contributed by atoms with Crippen LogP contribution in [0.2, 0.25) is 5.02 Å². The second kappa shape index (κ2) is 12.1. The summed E-state index contributed by atoms with van der Waals surface area (Å²) in [7, 11) is 1.35. The summed E-state index contributed by atoms with van der Waals surface area (Å²) in [6.45, 7) is 3.06. The summed E-state index contributed by atoms with van der Waals surface area (Å²) in [5.41, 5.74) is 8.42. The normalized spacial score (nSPS) is 21.4. The molecular formula is C30H32Cl2N8O4. The Bertz CT molecular complexity index is 1690. The number of anilines is 1. The van der Waals surface area contributed by atoms with Crippen LogP contribution in [-0.4, -0.2) is 58.2 Å². The highest BCUT2D eigenvalue weighted by Crippen LogP contribution is 2.37. The summed E-state index contributed by atoms with van der Waals surface area (Å²) in [4.78, 5) is 49.9. The van der Waals surface area contributed by atoms with E-state index >= 15 is 0 Å². The third kappa shape index (κ3) is 5.72. The van der Waals surface area contributed by atoms with Crippen molar-refractivity contribution in [2.24, 2.45) is 5.92 Å². The van der Waals surface area contributed by atoms with Crippen molar-refractivity contribution in [2.45, 2.75) is 37.6 Å². The van der Waals surface area contributed by atoms with Crippen LogP contribution in [0.3, 0.4) is 0 Å². The second-order valence-corrected chi connectivity index (χ2v) is 12.2. The number of nitrogens with one attached hydrogen (secondary N) is 3. The maximum Gasteiger partial charge on any atom is 0.409 e. The Kier molecular flexibility index (Phi) is 8.23. The number of benzene rings is 1. The Morgan fingerprint density at radius 1 is 1.09 bits per heavy atom. The first-order chi connectivity index (χ1) is 21.2. The Labute approximate surface area is 263 Å². The SMILES string of the molecule is COC(=O)N1CC2(CNC(=O)[C@H](C)CCC[C@H](n3cnc(-c4cc(Cl)ccc4N4C=C(Cl)NN4)cc3=O)c3cc2ccn3)C1. The van der Waals surface area contributed by atoms with Crippen molar-refractivity contribution in [3.8, 4) is 11.3 Å². The number of likely N-dealkylation sites (tertiary alicyclic amines) is 1. The first-order valence-corrected chi connectivity index (χ1v) is 15.1. The number of hydrogen-bond donors (Lipinski definition) is 3. The van der Waals surface area contributed by atoms with Gasteiger partial charge in [-0.25, -0.2) is 9.78 Å². The molecule has 5 heterocycles. The molecule has 44 heavy (non-hydrogen) atoms. The summed E-state index contributed by atoms with van der Waals surface area (Å²) >= 11 is 12.4. The lowest BCUT2D eigenvalue weighted by Gasteiger charge is -2.50. The highest BCUT2D eigenvalue weighted by Gasteiger charge is 2.47. The lowest BCUT2D eigenvalue weighted by atomic mass is 9.73. The third-order valence-corrected chi connectivity index (χ3v) is 8.95. The minimum Gasteiger partial charge on any atom is -0.453 e. The number of aromatic nitrogens is 3. The van der Waals surface area contributed by atoms with Gasteiger partial charge in [-0.3, -0.25) is 29.6 Å². The van der Waals surface area contributed by atoms with Crippen molar-refractivity contribution >= 4 is 40.9 Å². The van der Waals surface area contributed by atoms with E-state index in [-0.39, 0.29) is 17.4 Å². The molecule has 3 aliphatic rings. The van der Waals surface area contributed by atoms with E-state index in [0.29, 0.717) is 71.7 Å². The first kappa shape index (κ1) is 29.9. The van der Waals surface area contributed by atoms with Crippen molar-refractivity contribution in [1.82, 2.24) is 35.7 Å². The number of nitrogens with zero attached hydrogens (tertiary/aromatic N) is 5. The molecule has 6 rings (SSSR count). The fourth-order valence-electron chi connectivity index (χ4n) is 6.04. The second-order valence-electron chi connectivity index (χ2n) is 11.4. The van der Waals surface area contributed by atoms with Crippen LogP contribution in [0.4, 0.5) is 10.5 Å². The lowest BCUT2D eigenvalue weighted by Crippen LogP contribution is -2.65. The van der Waals surface area contributed by atoms with Gasteiger partial charge in [0.2, 0.25) is 5.91 Å². The topological polar surface area (TPSA) is 134 Å². The summed E-state index contributed by atoms with van der Waals surface area (Å²) in [5, 5.41) is 5.67. The van der Waals surface area contributed by atoms with E-state index in [9.17, 15) is 14.4 Å². The lowest BCUT2D eigenvalue weighted by molar-refractivity contribution is -0.125. The van der Waals surface area contributed by atoms with Crippen LogP contribution in [-0.2, 0) is 14.9 Å². The molecule has 1 fully saturated rings. The van der Waals surface area contributed by atoms with Crippen LogP contribution < -0.4 is 26.8 Å². The molecule has 0 saturated carbocycles. The van der Waals surface area contributed by atoms with Gasteiger partial charge in [-0.15, -0.1) is 5.53 Å². The summed E-state index contributed by atoms with van der Waals surface area (Å²) in [5.74, 6) is -0.253. The highest BCUT2D eigenvalue weighted by atomic mass is 35.5. The summed E-state index contributed by atoms with van der Waals surface area (Å²) in [6, 6.07) is 10.3. The van der Waals surface area contributed by atoms with E-state index in [1.54, 1.807) is 45.3 Å². The van der Waals surface area contributed by atoms with Gasteiger partial charge in [0.1, 0.15) is 5.16 Å². The fourth-order valence-corrected chi connectivity index (χ4v) is 6.36. The first-order valence-electron chi connectivity index (χ1n) is 14.3. The quantitative estimate of drug-likeness (QED) is 0.367. The average molecular weight is 640 g/mol. The largest absolute Gasteiger partial charge is 0.453 e. The third-order valence-electron chi connectivity index (χ3n) is 8.52. The van der Waals surface area contributed by atoms with Crippen LogP contribution >= 0.6 is 23.2 Å². The number of amides is 2. The zero-order chi connectivity index (χ0) is 31.0. The number of ether oxygens (including phenoxy) is 1. The van der Waals surface area contributed by atoms with Gasteiger partial charge in [0.05, 0.1) is 42.8 Å². The molecule has 0 unspecified atom stereocenters. The van der Waals surface area contributed by atoms with Crippen molar-refractivity contribution < 1.29 is 14.3 Å². The van der Waals surface area contributed by atoms with Crippen molar-refractivity contribution in [3.05, 3.63) is 86.9 Å². The molecule has 2 aromatic heterocycles.